The molecule has 3 aromatic rings. The monoisotopic (exact) mass is 361 g/mol. The van der Waals surface area contributed by atoms with Gasteiger partial charge in [-0.25, -0.2) is 4.98 Å². The van der Waals surface area contributed by atoms with Gasteiger partial charge in [0.25, 0.3) is 5.91 Å². The van der Waals surface area contributed by atoms with Crippen LogP contribution in [0.3, 0.4) is 0 Å². The quantitative estimate of drug-likeness (QED) is 0.706. The zero-order chi connectivity index (χ0) is 19.2. The standard InChI is InChI=1S/C22H23N3O2/c1-16-9-10-20(27-3)19(13-16)24-21-14-18(11-12-23-21)22(26)25(2)15-17-7-5-4-6-8-17/h4-14H,15H2,1-3H3,(H,23,24). The van der Waals surface area contributed by atoms with Crippen molar-refractivity contribution < 1.29 is 9.53 Å². The Labute approximate surface area is 159 Å². The summed E-state index contributed by atoms with van der Waals surface area (Å²) in [4.78, 5) is 18.8. The molecule has 0 saturated carbocycles. The van der Waals surface area contributed by atoms with Crippen molar-refractivity contribution in [2.45, 2.75) is 13.5 Å². The van der Waals surface area contributed by atoms with Crippen LogP contribution in [0.1, 0.15) is 21.5 Å². The Balaban J connectivity index is 1.77. The summed E-state index contributed by atoms with van der Waals surface area (Å²) >= 11 is 0. The molecule has 0 spiro atoms. The molecule has 0 bridgehead atoms. The molecule has 1 amide bonds. The highest BCUT2D eigenvalue weighted by molar-refractivity contribution is 5.94. The first-order valence-electron chi connectivity index (χ1n) is 8.74. The van der Waals surface area contributed by atoms with Gasteiger partial charge in [0.15, 0.2) is 0 Å². The SMILES string of the molecule is COc1ccc(C)cc1Nc1cc(C(=O)N(C)Cc2ccccc2)ccn1. The lowest BCUT2D eigenvalue weighted by atomic mass is 10.2. The zero-order valence-electron chi connectivity index (χ0n) is 15.8. The summed E-state index contributed by atoms with van der Waals surface area (Å²) in [6.07, 6.45) is 1.63. The molecule has 5 heteroatoms. The Morgan fingerprint density at radius 1 is 1.11 bits per heavy atom. The number of anilines is 2. The van der Waals surface area contributed by atoms with Crippen LogP contribution in [-0.2, 0) is 6.54 Å². The highest BCUT2D eigenvalue weighted by Gasteiger charge is 2.13. The summed E-state index contributed by atoms with van der Waals surface area (Å²) in [7, 11) is 3.42. The second kappa shape index (κ2) is 8.36. The highest BCUT2D eigenvalue weighted by atomic mass is 16.5. The number of aryl methyl sites for hydroxylation is 1. The molecule has 138 valence electrons. The van der Waals surface area contributed by atoms with Gasteiger partial charge >= 0.3 is 0 Å². The number of pyridine rings is 1. The molecule has 1 aromatic heterocycles. The van der Waals surface area contributed by atoms with Crippen LogP contribution in [-0.4, -0.2) is 29.9 Å². The van der Waals surface area contributed by atoms with Crippen molar-refractivity contribution in [2.75, 3.05) is 19.5 Å². The minimum absolute atomic E-state index is 0.0551. The second-order valence-corrected chi connectivity index (χ2v) is 6.41. The Morgan fingerprint density at radius 3 is 2.63 bits per heavy atom. The fourth-order valence-electron chi connectivity index (χ4n) is 2.84. The maximum Gasteiger partial charge on any atom is 0.254 e. The third-order valence-electron chi connectivity index (χ3n) is 4.23. The summed E-state index contributed by atoms with van der Waals surface area (Å²) in [5.41, 5.74) is 3.59. The molecule has 0 radical (unpaired) electrons. The third kappa shape index (κ3) is 4.64. The van der Waals surface area contributed by atoms with Gasteiger partial charge in [0, 0.05) is 25.4 Å². The molecule has 2 aromatic carbocycles. The Morgan fingerprint density at radius 2 is 1.89 bits per heavy atom. The summed E-state index contributed by atoms with van der Waals surface area (Å²) in [6.45, 7) is 2.56. The van der Waals surface area contributed by atoms with Crippen LogP contribution in [0, 0.1) is 6.92 Å². The molecule has 0 unspecified atom stereocenters. The van der Waals surface area contributed by atoms with E-state index in [1.807, 2.05) is 55.5 Å². The fourth-order valence-corrected chi connectivity index (χ4v) is 2.84. The van der Waals surface area contributed by atoms with E-state index in [0.29, 0.717) is 17.9 Å². The number of nitrogens with one attached hydrogen (secondary N) is 1. The molecule has 0 atom stereocenters. The average Bonchev–Trinajstić information content (AvgIpc) is 2.68. The van der Waals surface area contributed by atoms with Crippen LogP contribution in [0.25, 0.3) is 0 Å². The molecule has 0 fully saturated rings. The second-order valence-electron chi connectivity index (χ2n) is 6.41. The minimum atomic E-state index is -0.0551. The molecule has 0 aliphatic carbocycles. The molecule has 3 rings (SSSR count). The van der Waals surface area contributed by atoms with E-state index in [-0.39, 0.29) is 5.91 Å². The normalized spacial score (nSPS) is 10.3. The zero-order valence-corrected chi connectivity index (χ0v) is 15.8. The van der Waals surface area contributed by atoms with Crippen molar-refractivity contribution in [3.63, 3.8) is 0 Å². The van der Waals surface area contributed by atoms with E-state index in [2.05, 4.69) is 10.3 Å². The highest BCUT2D eigenvalue weighted by Crippen LogP contribution is 2.28. The average molecular weight is 361 g/mol. The van der Waals surface area contributed by atoms with E-state index in [1.165, 1.54) is 0 Å². The van der Waals surface area contributed by atoms with Crippen LogP contribution in [0.4, 0.5) is 11.5 Å². The van der Waals surface area contributed by atoms with Crippen LogP contribution >= 0.6 is 0 Å². The van der Waals surface area contributed by atoms with Gasteiger partial charge in [0.2, 0.25) is 0 Å². The van der Waals surface area contributed by atoms with Gasteiger partial charge in [-0.05, 0) is 42.3 Å². The molecular weight excluding hydrogens is 338 g/mol. The van der Waals surface area contributed by atoms with Gasteiger partial charge in [-0.15, -0.1) is 0 Å². The largest absolute Gasteiger partial charge is 0.495 e. The number of methoxy groups -OCH3 is 1. The van der Waals surface area contributed by atoms with E-state index in [4.69, 9.17) is 4.74 Å². The van der Waals surface area contributed by atoms with Crippen molar-refractivity contribution in [1.29, 1.82) is 0 Å². The maximum absolute atomic E-state index is 12.8. The molecule has 0 aliphatic rings. The van der Waals surface area contributed by atoms with Gasteiger partial charge in [0.1, 0.15) is 11.6 Å². The van der Waals surface area contributed by atoms with Crippen molar-refractivity contribution >= 4 is 17.4 Å². The Kier molecular flexibility index (Phi) is 5.71. The van der Waals surface area contributed by atoms with E-state index >= 15 is 0 Å². The van der Waals surface area contributed by atoms with Crippen molar-refractivity contribution in [2.24, 2.45) is 0 Å². The van der Waals surface area contributed by atoms with Gasteiger partial charge < -0.3 is 15.0 Å². The number of ether oxygens (including phenoxy) is 1. The Hall–Kier alpha value is -3.34. The van der Waals surface area contributed by atoms with Gasteiger partial charge in [-0.2, -0.15) is 0 Å². The van der Waals surface area contributed by atoms with Gasteiger partial charge in [-0.1, -0.05) is 36.4 Å². The molecular formula is C22H23N3O2. The first kappa shape index (κ1) is 18.5. The van der Waals surface area contributed by atoms with E-state index in [9.17, 15) is 4.79 Å². The predicted octanol–water partition coefficient (Wildman–Crippen LogP) is 4.41. The molecule has 1 heterocycles. The van der Waals surface area contributed by atoms with E-state index < -0.39 is 0 Å². The van der Waals surface area contributed by atoms with Crippen molar-refractivity contribution in [3.8, 4) is 5.75 Å². The maximum atomic E-state index is 12.8. The van der Waals surface area contributed by atoms with Crippen molar-refractivity contribution in [3.05, 3.63) is 83.6 Å². The minimum Gasteiger partial charge on any atom is -0.495 e. The molecule has 1 N–H and O–H groups in total. The number of carbonyl (C=O) groups excluding carboxylic acids is 1. The van der Waals surface area contributed by atoms with Crippen LogP contribution in [0.2, 0.25) is 0 Å². The number of rotatable bonds is 6. The number of benzene rings is 2. The Bertz CT molecular complexity index is 926. The molecule has 5 nitrogen and oxygen atoms in total. The van der Waals surface area contributed by atoms with Crippen LogP contribution in [0.15, 0.2) is 66.9 Å². The smallest absolute Gasteiger partial charge is 0.254 e. The summed E-state index contributed by atoms with van der Waals surface area (Å²) in [5, 5.41) is 3.24. The topological polar surface area (TPSA) is 54.5 Å². The first-order valence-corrected chi connectivity index (χ1v) is 8.74. The number of hydrogen-bond donors (Lipinski definition) is 1. The van der Waals surface area contributed by atoms with Gasteiger partial charge in [-0.3, -0.25) is 4.79 Å². The van der Waals surface area contributed by atoms with Crippen molar-refractivity contribution in [1.82, 2.24) is 9.88 Å². The number of hydrogen-bond acceptors (Lipinski definition) is 4. The summed E-state index contributed by atoms with van der Waals surface area (Å²) in [5.74, 6) is 1.26. The fraction of sp³-hybridized carbons (Fsp3) is 0.182. The summed E-state index contributed by atoms with van der Waals surface area (Å²) < 4.78 is 5.39. The number of aromatic nitrogens is 1. The number of nitrogens with zero attached hydrogens (tertiary/aromatic N) is 2. The predicted molar refractivity (Wildman–Crippen MR) is 107 cm³/mol. The lowest BCUT2D eigenvalue weighted by Crippen LogP contribution is -2.26. The number of carbonyl (C=O) groups is 1. The van der Waals surface area contributed by atoms with Gasteiger partial charge in [0.05, 0.1) is 12.8 Å². The lowest BCUT2D eigenvalue weighted by Gasteiger charge is -2.18. The first-order chi connectivity index (χ1) is 13.1. The third-order valence-corrected chi connectivity index (χ3v) is 4.23. The van der Waals surface area contributed by atoms with Crippen LogP contribution < -0.4 is 10.1 Å². The molecule has 27 heavy (non-hydrogen) atoms. The lowest BCUT2D eigenvalue weighted by molar-refractivity contribution is 0.0785. The molecule has 0 saturated heterocycles. The molecule has 0 aliphatic heterocycles. The van der Waals surface area contributed by atoms with E-state index in [0.717, 1.165) is 22.6 Å². The summed E-state index contributed by atoms with van der Waals surface area (Å²) in [6, 6.07) is 19.3. The van der Waals surface area contributed by atoms with E-state index in [1.54, 1.807) is 37.4 Å². The number of amides is 1. The van der Waals surface area contributed by atoms with Crippen LogP contribution in [0.5, 0.6) is 5.75 Å².